The molecule has 0 atom stereocenters. The van der Waals surface area contributed by atoms with Crippen LogP contribution >= 0.6 is 0 Å². The van der Waals surface area contributed by atoms with Crippen LogP contribution in [-0.2, 0) is 0 Å². The third-order valence-corrected chi connectivity index (χ3v) is 5.11. The summed E-state index contributed by atoms with van der Waals surface area (Å²) < 4.78 is 160. The lowest BCUT2D eigenvalue weighted by Crippen LogP contribution is -2.61. The predicted molar refractivity (Wildman–Crippen MR) is 129 cm³/mol. The van der Waals surface area contributed by atoms with Crippen LogP contribution in [0.4, 0.5) is 69.3 Å². The molecular formula is C26H15F11N2O5. The van der Waals surface area contributed by atoms with Crippen LogP contribution in [0.5, 0.6) is 17.2 Å². The zero-order chi connectivity index (χ0) is 32.9. The number of nitrogens with one attached hydrogen (secondary N) is 2. The number of allylic oxidation sites excluding steroid dienone is 1. The molecule has 3 aromatic rings. The van der Waals surface area contributed by atoms with Crippen LogP contribution in [0.25, 0.3) is 0 Å². The molecule has 44 heavy (non-hydrogen) atoms. The van der Waals surface area contributed by atoms with Gasteiger partial charge in [-0.25, -0.2) is 9.59 Å². The van der Waals surface area contributed by atoms with Crippen LogP contribution in [0.1, 0.15) is 0 Å². The first-order valence-electron chi connectivity index (χ1n) is 11.5. The molecule has 3 aromatic carbocycles. The summed E-state index contributed by atoms with van der Waals surface area (Å²) in [5.41, 5.74) is -1.04. The largest absolute Gasteiger partial charge is 0.460 e. The van der Waals surface area contributed by atoms with E-state index in [1.165, 1.54) is 48.5 Å². The van der Waals surface area contributed by atoms with E-state index in [0.717, 1.165) is 6.07 Å². The third-order valence-electron chi connectivity index (χ3n) is 5.11. The Balaban J connectivity index is 1.94. The van der Waals surface area contributed by atoms with Crippen molar-refractivity contribution in [1.82, 2.24) is 0 Å². The van der Waals surface area contributed by atoms with Crippen LogP contribution in [-0.4, -0.2) is 36.1 Å². The maximum absolute atomic E-state index is 14.3. The summed E-state index contributed by atoms with van der Waals surface area (Å²) in [5.74, 6) is -27.4. The van der Waals surface area contributed by atoms with Crippen molar-refractivity contribution in [3.8, 4) is 17.2 Å². The van der Waals surface area contributed by atoms with E-state index in [9.17, 15) is 57.9 Å². The number of rotatable bonds is 9. The molecule has 2 amide bonds. The summed E-state index contributed by atoms with van der Waals surface area (Å²) in [4.78, 5) is 24.5. The monoisotopic (exact) mass is 644 g/mol. The van der Waals surface area contributed by atoms with E-state index in [1.54, 1.807) is 12.1 Å². The molecule has 0 saturated heterocycles. The highest BCUT2D eigenvalue weighted by Gasteiger charge is 2.83. The number of para-hydroxylation sites is 2. The average molecular weight is 644 g/mol. The molecule has 0 aliphatic rings. The molecule has 0 fully saturated rings. The fourth-order valence-electron chi connectivity index (χ4n) is 3.06. The Morgan fingerprint density at radius 2 is 0.955 bits per heavy atom. The van der Waals surface area contributed by atoms with Gasteiger partial charge in [0.1, 0.15) is 17.2 Å². The first-order valence-corrected chi connectivity index (χ1v) is 11.5. The lowest BCUT2D eigenvalue weighted by atomic mass is 10.0. The minimum Gasteiger partial charge on any atom is -0.429 e. The van der Waals surface area contributed by atoms with E-state index in [4.69, 9.17) is 9.47 Å². The summed E-state index contributed by atoms with van der Waals surface area (Å²) in [7, 11) is 0. The van der Waals surface area contributed by atoms with E-state index in [1.807, 2.05) is 10.6 Å². The van der Waals surface area contributed by atoms with Crippen molar-refractivity contribution in [1.29, 1.82) is 0 Å². The SMILES string of the molecule is O=C(Nc1cc(NC(=O)Oc2ccccc2)cc(OC(F)=C(F)C(F)(F)C(F)(F)C(F)(F)C(F)(F)F)c1)Oc1ccccc1. The molecular weight excluding hydrogens is 629 g/mol. The standard InChI is InChI=1S/C26H15F11N2O5/c27-19(23(29,30)24(31,32)25(33,34)26(35,36)37)20(28)42-18-12-14(38-21(40)43-16-7-3-1-4-8-16)11-15(13-18)39-22(41)44-17-9-5-2-6-10-17/h1-13H,(H,38,40)(H,39,41). The number of carbonyl (C=O) groups excluding carboxylic acids is 2. The minimum atomic E-state index is -7.53. The molecule has 0 unspecified atom stereocenters. The highest BCUT2D eigenvalue weighted by atomic mass is 19.4. The summed E-state index contributed by atoms with van der Waals surface area (Å²) in [6.45, 7) is 0. The fraction of sp³-hybridized carbons (Fsp3) is 0.154. The zero-order valence-electron chi connectivity index (χ0n) is 21.2. The first kappa shape index (κ1) is 33.5. The number of ether oxygens (including phenoxy) is 3. The molecule has 7 nitrogen and oxygen atoms in total. The first-order chi connectivity index (χ1) is 20.3. The van der Waals surface area contributed by atoms with Crippen molar-refractivity contribution in [2.24, 2.45) is 0 Å². The predicted octanol–water partition coefficient (Wildman–Crippen LogP) is 8.86. The quantitative estimate of drug-likeness (QED) is 0.180. The Kier molecular flexibility index (Phi) is 9.65. The van der Waals surface area contributed by atoms with Gasteiger partial charge < -0.3 is 14.2 Å². The van der Waals surface area contributed by atoms with Crippen LogP contribution in [0.15, 0.2) is 90.7 Å². The highest BCUT2D eigenvalue weighted by molar-refractivity contribution is 5.91. The van der Waals surface area contributed by atoms with Gasteiger partial charge in [0.05, 0.1) is 0 Å². The van der Waals surface area contributed by atoms with E-state index in [0.29, 0.717) is 12.1 Å². The van der Waals surface area contributed by atoms with Crippen LogP contribution < -0.4 is 24.8 Å². The van der Waals surface area contributed by atoms with Gasteiger partial charge in [0.2, 0.25) is 5.83 Å². The second kappa shape index (κ2) is 12.7. The number of halogens is 11. The van der Waals surface area contributed by atoms with Gasteiger partial charge >= 0.3 is 42.1 Å². The number of alkyl halides is 9. The Morgan fingerprint density at radius 3 is 1.34 bits per heavy atom. The number of anilines is 2. The average Bonchev–Trinajstić information content (AvgIpc) is 2.92. The van der Waals surface area contributed by atoms with Crippen molar-refractivity contribution < 1.29 is 72.1 Å². The maximum Gasteiger partial charge on any atom is 0.460 e. The number of benzene rings is 3. The Morgan fingerprint density at radius 1 is 0.545 bits per heavy atom. The van der Waals surface area contributed by atoms with Crippen molar-refractivity contribution >= 4 is 23.6 Å². The second-order valence-electron chi connectivity index (χ2n) is 8.31. The molecule has 0 heterocycles. The maximum atomic E-state index is 14.3. The van der Waals surface area contributed by atoms with Crippen molar-refractivity contribution in [2.45, 2.75) is 23.9 Å². The molecule has 0 aliphatic heterocycles. The molecule has 236 valence electrons. The summed E-state index contributed by atoms with van der Waals surface area (Å²) in [6.07, 6.45) is -9.80. The van der Waals surface area contributed by atoms with E-state index in [-0.39, 0.29) is 11.5 Å². The molecule has 0 aliphatic carbocycles. The molecule has 18 heteroatoms. The summed E-state index contributed by atoms with van der Waals surface area (Å²) in [5, 5.41) is 4.06. The van der Waals surface area contributed by atoms with Crippen molar-refractivity contribution in [3.63, 3.8) is 0 Å². The smallest absolute Gasteiger partial charge is 0.429 e. The van der Waals surface area contributed by atoms with Crippen molar-refractivity contribution in [2.75, 3.05) is 10.6 Å². The molecule has 3 rings (SSSR count). The second-order valence-corrected chi connectivity index (χ2v) is 8.31. The van der Waals surface area contributed by atoms with E-state index in [2.05, 4.69) is 4.74 Å². The zero-order valence-corrected chi connectivity index (χ0v) is 21.2. The molecule has 0 aromatic heterocycles. The van der Waals surface area contributed by atoms with Gasteiger partial charge in [-0.1, -0.05) is 36.4 Å². The number of amides is 2. The van der Waals surface area contributed by atoms with Crippen molar-refractivity contribution in [3.05, 3.63) is 90.7 Å². The molecule has 0 spiro atoms. The van der Waals surface area contributed by atoms with Gasteiger partial charge in [-0.05, 0) is 30.3 Å². The fourth-order valence-corrected chi connectivity index (χ4v) is 3.06. The normalized spacial score (nSPS) is 13.0. The van der Waals surface area contributed by atoms with Gasteiger partial charge in [-0.2, -0.15) is 48.3 Å². The Labute approximate surface area is 238 Å². The number of hydrogen-bond donors (Lipinski definition) is 2. The van der Waals surface area contributed by atoms with E-state index < -0.39 is 65.1 Å². The molecule has 0 saturated carbocycles. The highest BCUT2D eigenvalue weighted by Crippen LogP contribution is 2.55. The van der Waals surface area contributed by atoms with Gasteiger partial charge in [0, 0.05) is 23.5 Å². The van der Waals surface area contributed by atoms with Gasteiger partial charge in [0.25, 0.3) is 0 Å². The number of carbonyl (C=O) groups is 2. The van der Waals surface area contributed by atoms with Crippen LogP contribution in [0.2, 0.25) is 0 Å². The Hall–Kier alpha value is -5.03. The topological polar surface area (TPSA) is 85.9 Å². The van der Waals surface area contributed by atoms with Gasteiger partial charge in [-0.3, -0.25) is 10.6 Å². The number of hydrogen-bond acceptors (Lipinski definition) is 5. The molecule has 0 bridgehead atoms. The Bertz CT molecular complexity index is 1440. The van der Waals surface area contributed by atoms with Crippen LogP contribution in [0.3, 0.4) is 0 Å². The molecule has 0 radical (unpaired) electrons. The van der Waals surface area contributed by atoms with Crippen LogP contribution in [0, 0.1) is 0 Å². The third kappa shape index (κ3) is 7.48. The summed E-state index contributed by atoms with van der Waals surface area (Å²) in [6, 6.07) is 13.0. The minimum absolute atomic E-state index is 0.00272. The van der Waals surface area contributed by atoms with E-state index >= 15 is 0 Å². The lowest BCUT2D eigenvalue weighted by Gasteiger charge is -2.32. The summed E-state index contributed by atoms with van der Waals surface area (Å²) >= 11 is 0. The molecule has 2 N–H and O–H groups in total. The van der Waals surface area contributed by atoms with Gasteiger partial charge in [0.15, 0.2) is 0 Å². The lowest BCUT2D eigenvalue weighted by molar-refractivity contribution is -0.392. The van der Waals surface area contributed by atoms with Gasteiger partial charge in [-0.15, -0.1) is 0 Å².